The Hall–Kier alpha value is -9.52. The summed E-state index contributed by atoms with van der Waals surface area (Å²) in [6, 6.07) is 73.3. The Labute approximate surface area is 413 Å². The summed E-state index contributed by atoms with van der Waals surface area (Å²) in [5.41, 5.74) is 12.8. The lowest BCUT2D eigenvalue weighted by Gasteiger charge is -2.39. The molecule has 2 aliphatic carbocycles. The van der Waals surface area contributed by atoms with Gasteiger partial charge in [0.1, 0.15) is 46.0 Å². The van der Waals surface area contributed by atoms with Gasteiger partial charge in [0.2, 0.25) is 0 Å². The van der Waals surface area contributed by atoms with Crippen molar-refractivity contribution in [3.63, 3.8) is 0 Å². The molecule has 0 fully saturated rings. The van der Waals surface area contributed by atoms with E-state index in [0.29, 0.717) is 0 Å². The zero-order valence-corrected chi connectivity index (χ0v) is 38.4. The first-order chi connectivity index (χ1) is 35.2. The molecule has 2 heterocycles. The van der Waals surface area contributed by atoms with Crippen molar-refractivity contribution in [3.05, 3.63) is 263 Å². The third-order valence-corrected chi connectivity index (χ3v) is 15.6. The molecule has 0 saturated heterocycles. The first-order valence-corrected chi connectivity index (χ1v) is 24.1. The fraction of sp³-hybridized carbons (Fsp3) is 0.0303. The fourth-order valence-corrected chi connectivity index (χ4v) is 12.7. The van der Waals surface area contributed by atoms with Crippen LogP contribution >= 0.6 is 0 Å². The van der Waals surface area contributed by atoms with Crippen molar-refractivity contribution < 1.29 is 29.9 Å². The van der Waals surface area contributed by atoms with Crippen LogP contribution in [0.5, 0.6) is 46.0 Å². The number of rotatable bonds is 0. The first-order valence-electron chi connectivity index (χ1n) is 24.1. The van der Waals surface area contributed by atoms with Crippen molar-refractivity contribution in [1.29, 1.82) is 0 Å². The highest BCUT2D eigenvalue weighted by molar-refractivity contribution is 5.98. The largest absolute Gasteiger partial charge is 0.508 e. The summed E-state index contributed by atoms with van der Waals surface area (Å²) in [6.07, 6.45) is 0. The molecule has 6 heteroatoms. The maximum atomic E-state index is 10.3. The van der Waals surface area contributed by atoms with Gasteiger partial charge in [0.25, 0.3) is 0 Å². The third kappa shape index (κ3) is 5.43. The van der Waals surface area contributed by atoms with E-state index in [4.69, 9.17) is 9.47 Å². The van der Waals surface area contributed by atoms with Gasteiger partial charge in [-0.15, -0.1) is 0 Å². The quantitative estimate of drug-likeness (QED) is 0.121. The maximum absolute atomic E-state index is 10.3. The first kappa shape index (κ1) is 40.4. The Morgan fingerprint density at radius 2 is 0.458 bits per heavy atom. The van der Waals surface area contributed by atoms with Crippen molar-refractivity contribution in [3.8, 4) is 68.2 Å². The Morgan fingerprint density at radius 3 is 0.764 bits per heavy atom. The van der Waals surface area contributed by atoms with Gasteiger partial charge in [0.05, 0.1) is 10.8 Å². The van der Waals surface area contributed by atoms with E-state index in [1.807, 2.05) is 48.5 Å². The van der Waals surface area contributed by atoms with E-state index < -0.39 is 10.8 Å². The van der Waals surface area contributed by atoms with Crippen LogP contribution in [0.15, 0.2) is 218 Å². The Bertz CT molecular complexity index is 4080. The minimum Gasteiger partial charge on any atom is -0.508 e. The number of phenols is 4. The summed E-state index contributed by atoms with van der Waals surface area (Å²) < 4.78 is 13.3. The molecule has 2 aliphatic heterocycles. The summed E-state index contributed by atoms with van der Waals surface area (Å²) >= 11 is 0. The Morgan fingerprint density at radius 1 is 0.222 bits per heavy atom. The van der Waals surface area contributed by atoms with Crippen molar-refractivity contribution in [2.45, 2.75) is 10.8 Å². The van der Waals surface area contributed by atoms with E-state index in [0.717, 1.165) is 88.3 Å². The summed E-state index contributed by atoms with van der Waals surface area (Å²) in [7, 11) is 0. The predicted octanol–water partition coefficient (Wildman–Crippen LogP) is 15.7. The van der Waals surface area contributed by atoms with E-state index in [1.165, 1.54) is 44.5 Å². The number of ether oxygens (including phenoxy) is 2. The molecule has 0 unspecified atom stereocenters. The molecule has 0 amide bonds. The van der Waals surface area contributed by atoms with E-state index in [2.05, 4.69) is 133 Å². The van der Waals surface area contributed by atoms with Crippen LogP contribution in [0.25, 0.3) is 65.3 Å². The van der Waals surface area contributed by atoms with Crippen LogP contribution in [0.2, 0.25) is 0 Å². The van der Waals surface area contributed by atoms with Crippen molar-refractivity contribution in [2.75, 3.05) is 0 Å². The molecule has 4 N–H and O–H groups in total. The molecule has 0 bridgehead atoms. The smallest absolute Gasteiger partial charge is 0.132 e. The summed E-state index contributed by atoms with van der Waals surface area (Å²) in [4.78, 5) is 0. The second-order valence-electron chi connectivity index (χ2n) is 19.4. The van der Waals surface area contributed by atoms with Gasteiger partial charge in [0.15, 0.2) is 0 Å². The molecule has 0 saturated carbocycles. The lowest BCUT2D eigenvalue weighted by Crippen LogP contribution is -2.32. The molecular weight excluding hydrogens is 889 g/mol. The molecule has 72 heavy (non-hydrogen) atoms. The molecular formula is C66H40O6. The molecule has 6 nitrogen and oxygen atoms in total. The standard InChI is InChI=1S/2C33H20O3/c34-23-11-9-19-17-31-29(15-21(19)13-23)33(27-7-3-1-5-25(27)26-6-2-4-8-28(26)33)30-16-22-14-24(35)12-10-20(22)18-32(30)36-31;34-23-11-9-19-15-29-31(17-21(19)13-23)36-32-18-22-14-24(35)12-10-20(22)16-30(32)33(29)27-7-3-1-5-25(27)26-6-2-4-8-28(26)33/h2*1-18,34-35H. The maximum Gasteiger partial charge on any atom is 0.132 e. The van der Waals surface area contributed by atoms with Crippen LogP contribution in [0.4, 0.5) is 0 Å². The van der Waals surface area contributed by atoms with Gasteiger partial charge in [-0.1, -0.05) is 121 Å². The fourth-order valence-electron chi connectivity index (χ4n) is 12.7. The highest BCUT2D eigenvalue weighted by Crippen LogP contribution is 2.65. The van der Waals surface area contributed by atoms with Crippen LogP contribution in [-0.2, 0) is 10.8 Å². The van der Waals surface area contributed by atoms with Crippen molar-refractivity contribution in [1.82, 2.24) is 0 Å². The van der Waals surface area contributed by atoms with Gasteiger partial charge in [-0.2, -0.15) is 0 Å². The van der Waals surface area contributed by atoms with E-state index in [-0.39, 0.29) is 23.0 Å². The topological polar surface area (TPSA) is 99.4 Å². The van der Waals surface area contributed by atoms with Crippen LogP contribution in [0, 0.1) is 0 Å². The lowest BCUT2D eigenvalue weighted by atomic mass is 9.65. The second-order valence-corrected chi connectivity index (χ2v) is 19.4. The minimum atomic E-state index is -0.602. The molecule has 4 aliphatic rings. The van der Waals surface area contributed by atoms with Crippen LogP contribution < -0.4 is 9.47 Å². The van der Waals surface area contributed by atoms with Crippen molar-refractivity contribution in [2.24, 2.45) is 0 Å². The summed E-state index contributed by atoms with van der Waals surface area (Å²) in [5, 5.41) is 48.7. The SMILES string of the molecule is Oc1ccc2cc3c(cc2c1)C1(c2cc4cc(O)ccc4cc2O3)c2ccccc2-c2ccccc21.Oc1ccc2cc3c(cc2c1)Oc1cc2cc(O)ccc2cc1C31c2ccccc2-c2ccccc21. The normalized spacial score (nSPS) is 14.2. The molecule has 0 atom stereocenters. The van der Waals surface area contributed by atoms with Crippen LogP contribution in [0.1, 0.15) is 44.5 Å². The average Bonchev–Trinajstić information content (AvgIpc) is 3.86. The van der Waals surface area contributed by atoms with Gasteiger partial charge >= 0.3 is 0 Å². The Kier molecular flexibility index (Phi) is 8.14. The zero-order chi connectivity index (χ0) is 48.0. The van der Waals surface area contributed by atoms with E-state index >= 15 is 0 Å². The number of benzene rings is 12. The minimum absolute atomic E-state index is 0.228. The lowest BCUT2D eigenvalue weighted by molar-refractivity contribution is 0.438. The zero-order valence-electron chi connectivity index (χ0n) is 38.4. The van der Waals surface area contributed by atoms with Crippen molar-refractivity contribution >= 4 is 43.1 Å². The molecule has 0 radical (unpaired) electrons. The van der Waals surface area contributed by atoms with Crippen LogP contribution in [0.3, 0.4) is 0 Å². The predicted molar refractivity (Wildman–Crippen MR) is 284 cm³/mol. The number of hydrogen-bond acceptors (Lipinski definition) is 6. The van der Waals surface area contributed by atoms with Gasteiger partial charge in [-0.3, -0.25) is 0 Å². The molecule has 12 aromatic rings. The molecule has 2 spiro atoms. The highest BCUT2D eigenvalue weighted by Gasteiger charge is 2.53. The van der Waals surface area contributed by atoms with Gasteiger partial charge in [-0.05, 0) is 185 Å². The van der Waals surface area contributed by atoms with E-state index in [1.54, 1.807) is 36.4 Å². The molecule has 16 rings (SSSR count). The van der Waals surface area contributed by atoms with Gasteiger partial charge in [-0.25, -0.2) is 0 Å². The monoisotopic (exact) mass is 928 g/mol. The number of aromatic hydroxyl groups is 4. The number of fused-ring (bicyclic) bond motifs is 22. The van der Waals surface area contributed by atoms with Gasteiger partial charge < -0.3 is 29.9 Å². The summed E-state index contributed by atoms with van der Waals surface area (Å²) in [6.45, 7) is 0. The number of hydrogen-bond donors (Lipinski definition) is 4. The van der Waals surface area contributed by atoms with Gasteiger partial charge in [0, 0.05) is 22.3 Å². The Balaban J connectivity index is 0.000000128. The number of phenolic OH excluding ortho intramolecular Hbond substituents is 4. The molecule has 0 aromatic heterocycles. The second kappa shape index (κ2) is 14.5. The average molecular weight is 929 g/mol. The molecule has 340 valence electrons. The molecule has 12 aromatic carbocycles. The van der Waals surface area contributed by atoms with Crippen LogP contribution in [-0.4, -0.2) is 20.4 Å². The van der Waals surface area contributed by atoms with E-state index in [9.17, 15) is 20.4 Å². The third-order valence-electron chi connectivity index (χ3n) is 15.6. The highest BCUT2D eigenvalue weighted by atomic mass is 16.5. The summed E-state index contributed by atoms with van der Waals surface area (Å²) in [5.74, 6) is 4.09.